The molecular weight excluding hydrogens is 450 g/mol. The van der Waals surface area contributed by atoms with Crippen molar-refractivity contribution in [3.05, 3.63) is 92.1 Å². The van der Waals surface area contributed by atoms with Crippen molar-refractivity contribution in [3.8, 4) is 17.4 Å². The molecule has 0 aliphatic carbocycles. The second-order valence-electron chi connectivity index (χ2n) is 6.40. The molecule has 1 amide bonds. The molecule has 0 fully saturated rings. The van der Waals surface area contributed by atoms with E-state index in [1.807, 2.05) is 43.3 Å². The molecule has 0 unspecified atom stereocenters. The van der Waals surface area contributed by atoms with E-state index in [1.54, 1.807) is 18.2 Å². The van der Waals surface area contributed by atoms with Gasteiger partial charge in [0.1, 0.15) is 23.2 Å². The summed E-state index contributed by atoms with van der Waals surface area (Å²) in [5.74, 6) is 0.246. The SMILES string of the molecule is C[C@H](NC(=O)/C(C#N)=C/c1ccc(-c2ccc([N+](=O)[O-])cc2Br)o1)c1ccccc1. The summed E-state index contributed by atoms with van der Waals surface area (Å²) >= 11 is 3.30. The Kier molecular flexibility index (Phi) is 6.45. The average Bonchev–Trinajstić information content (AvgIpc) is 3.20. The number of rotatable bonds is 6. The lowest BCUT2D eigenvalue weighted by Crippen LogP contribution is -2.27. The number of nitro groups is 1. The van der Waals surface area contributed by atoms with Crippen LogP contribution in [0.25, 0.3) is 17.4 Å². The predicted octanol–water partition coefficient (Wildman–Crippen LogP) is 5.40. The minimum absolute atomic E-state index is 0.0479. The minimum Gasteiger partial charge on any atom is -0.457 e. The quantitative estimate of drug-likeness (QED) is 0.226. The van der Waals surface area contributed by atoms with Crippen molar-refractivity contribution in [2.45, 2.75) is 13.0 Å². The third kappa shape index (κ3) is 4.82. The van der Waals surface area contributed by atoms with Crippen molar-refractivity contribution in [3.63, 3.8) is 0 Å². The molecule has 0 saturated carbocycles. The van der Waals surface area contributed by atoms with Crippen LogP contribution in [-0.2, 0) is 4.79 Å². The Balaban J connectivity index is 1.79. The van der Waals surface area contributed by atoms with Crippen LogP contribution in [0.4, 0.5) is 5.69 Å². The monoisotopic (exact) mass is 465 g/mol. The average molecular weight is 466 g/mol. The maximum Gasteiger partial charge on any atom is 0.270 e. The Bertz CT molecular complexity index is 1160. The molecule has 3 rings (SSSR count). The highest BCUT2D eigenvalue weighted by atomic mass is 79.9. The highest BCUT2D eigenvalue weighted by molar-refractivity contribution is 9.10. The van der Waals surface area contributed by atoms with Crippen LogP contribution >= 0.6 is 15.9 Å². The van der Waals surface area contributed by atoms with Crippen LogP contribution in [0, 0.1) is 21.4 Å². The van der Waals surface area contributed by atoms with Gasteiger partial charge in [-0.2, -0.15) is 5.26 Å². The molecule has 2 aromatic carbocycles. The van der Waals surface area contributed by atoms with Crippen molar-refractivity contribution in [1.29, 1.82) is 5.26 Å². The summed E-state index contributed by atoms with van der Waals surface area (Å²) in [5.41, 5.74) is 1.39. The van der Waals surface area contributed by atoms with Crippen molar-refractivity contribution in [2.75, 3.05) is 0 Å². The zero-order valence-corrected chi connectivity index (χ0v) is 17.4. The highest BCUT2D eigenvalue weighted by Crippen LogP contribution is 2.33. The van der Waals surface area contributed by atoms with Gasteiger partial charge in [0.05, 0.1) is 11.0 Å². The molecule has 8 heteroatoms. The van der Waals surface area contributed by atoms with Gasteiger partial charge in [-0.1, -0.05) is 30.3 Å². The lowest BCUT2D eigenvalue weighted by Gasteiger charge is -2.13. The smallest absolute Gasteiger partial charge is 0.270 e. The first-order valence-corrected chi connectivity index (χ1v) is 9.70. The molecule has 0 saturated heterocycles. The Morgan fingerprint density at radius 1 is 1.23 bits per heavy atom. The maximum atomic E-state index is 12.5. The van der Waals surface area contributed by atoms with E-state index in [4.69, 9.17) is 4.42 Å². The first-order valence-electron chi connectivity index (χ1n) is 8.91. The Hall–Kier alpha value is -3.70. The van der Waals surface area contributed by atoms with Gasteiger partial charge < -0.3 is 9.73 Å². The Labute approximate surface area is 180 Å². The van der Waals surface area contributed by atoms with Gasteiger partial charge in [-0.3, -0.25) is 14.9 Å². The number of hydrogen-bond donors (Lipinski definition) is 1. The molecule has 150 valence electrons. The zero-order chi connectivity index (χ0) is 21.7. The van der Waals surface area contributed by atoms with Crippen molar-refractivity contribution in [2.24, 2.45) is 0 Å². The van der Waals surface area contributed by atoms with Crippen molar-refractivity contribution >= 4 is 33.6 Å². The van der Waals surface area contributed by atoms with Crippen molar-refractivity contribution in [1.82, 2.24) is 5.32 Å². The number of non-ortho nitro benzene ring substituents is 1. The summed E-state index contributed by atoms with van der Waals surface area (Å²) in [6.45, 7) is 1.83. The van der Waals surface area contributed by atoms with E-state index in [9.17, 15) is 20.2 Å². The van der Waals surface area contributed by atoms with Gasteiger partial charge in [0.2, 0.25) is 0 Å². The fourth-order valence-corrected chi connectivity index (χ4v) is 3.34. The van der Waals surface area contributed by atoms with E-state index in [-0.39, 0.29) is 17.3 Å². The summed E-state index contributed by atoms with van der Waals surface area (Å²) < 4.78 is 6.21. The van der Waals surface area contributed by atoms with Gasteiger partial charge in [0, 0.05) is 28.2 Å². The normalized spacial score (nSPS) is 12.1. The third-order valence-electron chi connectivity index (χ3n) is 4.35. The number of halogens is 1. The number of nitriles is 1. The minimum atomic E-state index is -0.511. The summed E-state index contributed by atoms with van der Waals surface area (Å²) in [4.78, 5) is 22.9. The van der Waals surface area contributed by atoms with Crippen LogP contribution in [0.3, 0.4) is 0 Å². The van der Waals surface area contributed by atoms with Crippen LogP contribution < -0.4 is 5.32 Å². The second-order valence-corrected chi connectivity index (χ2v) is 7.25. The van der Waals surface area contributed by atoms with Crippen molar-refractivity contribution < 1.29 is 14.1 Å². The number of nitro benzene ring substituents is 1. The number of benzene rings is 2. The van der Waals surface area contributed by atoms with Gasteiger partial charge in [0.25, 0.3) is 11.6 Å². The number of amides is 1. The molecule has 1 atom stereocenters. The predicted molar refractivity (Wildman–Crippen MR) is 115 cm³/mol. The highest BCUT2D eigenvalue weighted by Gasteiger charge is 2.16. The number of nitrogens with one attached hydrogen (secondary N) is 1. The fourth-order valence-electron chi connectivity index (χ4n) is 2.78. The Morgan fingerprint density at radius 3 is 2.60 bits per heavy atom. The molecule has 1 heterocycles. The van der Waals surface area contributed by atoms with Gasteiger partial charge in [-0.25, -0.2) is 0 Å². The van der Waals surface area contributed by atoms with Crippen LogP contribution in [0.2, 0.25) is 0 Å². The zero-order valence-electron chi connectivity index (χ0n) is 15.8. The topological polar surface area (TPSA) is 109 Å². The molecule has 0 spiro atoms. The van der Waals surface area contributed by atoms with Gasteiger partial charge >= 0.3 is 0 Å². The Morgan fingerprint density at radius 2 is 1.97 bits per heavy atom. The van der Waals surface area contributed by atoms with E-state index >= 15 is 0 Å². The van der Waals surface area contributed by atoms with Crippen LogP contribution in [-0.4, -0.2) is 10.8 Å². The van der Waals surface area contributed by atoms with Crippen LogP contribution in [0.1, 0.15) is 24.3 Å². The second kappa shape index (κ2) is 9.20. The molecule has 30 heavy (non-hydrogen) atoms. The maximum absolute atomic E-state index is 12.5. The van der Waals surface area contributed by atoms with E-state index < -0.39 is 10.8 Å². The summed E-state index contributed by atoms with van der Waals surface area (Å²) in [6, 6.07) is 18.6. The number of carbonyl (C=O) groups is 1. The van der Waals surface area contributed by atoms with Gasteiger partial charge in [-0.15, -0.1) is 0 Å². The summed E-state index contributed by atoms with van der Waals surface area (Å²) in [6.07, 6.45) is 1.36. The number of nitrogens with zero attached hydrogens (tertiary/aromatic N) is 2. The van der Waals surface area contributed by atoms with E-state index in [0.717, 1.165) is 5.56 Å². The first-order chi connectivity index (χ1) is 14.4. The van der Waals surface area contributed by atoms with E-state index in [1.165, 1.54) is 18.2 Å². The van der Waals surface area contributed by atoms with Crippen LogP contribution in [0.5, 0.6) is 0 Å². The largest absolute Gasteiger partial charge is 0.457 e. The molecule has 0 aliphatic heterocycles. The summed E-state index contributed by atoms with van der Waals surface area (Å²) in [7, 11) is 0. The molecule has 0 aliphatic rings. The van der Waals surface area contributed by atoms with E-state index in [2.05, 4.69) is 21.2 Å². The molecule has 1 aromatic heterocycles. The van der Waals surface area contributed by atoms with Gasteiger partial charge in [-0.05, 0) is 46.6 Å². The first kappa shape index (κ1) is 21.0. The van der Waals surface area contributed by atoms with E-state index in [0.29, 0.717) is 21.6 Å². The standard InChI is InChI=1S/C22H16BrN3O4/c1-14(15-5-3-2-4-6-15)25-22(27)16(13-24)11-18-8-10-21(30-18)19-9-7-17(26(28)29)12-20(19)23/h2-12,14H,1H3,(H,25,27)/b16-11+/t14-/m0/s1. The van der Waals surface area contributed by atoms with Gasteiger partial charge in [0.15, 0.2) is 0 Å². The number of furan rings is 1. The summed E-state index contributed by atoms with van der Waals surface area (Å²) in [5, 5.41) is 23.1. The molecular formula is C22H16BrN3O4. The molecule has 0 bridgehead atoms. The molecule has 3 aromatic rings. The fraction of sp³-hybridized carbons (Fsp3) is 0.0909. The third-order valence-corrected chi connectivity index (χ3v) is 5.01. The lowest BCUT2D eigenvalue weighted by atomic mass is 10.1. The van der Waals surface area contributed by atoms with Crippen LogP contribution in [0.15, 0.2) is 75.1 Å². The number of hydrogen-bond acceptors (Lipinski definition) is 5. The molecule has 0 radical (unpaired) electrons. The molecule has 1 N–H and O–H groups in total. The lowest BCUT2D eigenvalue weighted by molar-refractivity contribution is -0.384. The molecule has 7 nitrogen and oxygen atoms in total. The number of carbonyl (C=O) groups excluding carboxylic acids is 1.